The van der Waals surface area contributed by atoms with E-state index >= 15 is 0 Å². The summed E-state index contributed by atoms with van der Waals surface area (Å²) in [4.78, 5) is 16.5. The Bertz CT molecular complexity index is 890. The Morgan fingerprint density at radius 1 is 1.24 bits per heavy atom. The van der Waals surface area contributed by atoms with E-state index in [4.69, 9.17) is 10.5 Å². The lowest BCUT2D eigenvalue weighted by Crippen LogP contribution is -2.15. The van der Waals surface area contributed by atoms with E-state index in [9.17, 15) is 4.79 Å². The van der Waals surface area contributed by atoms with Gasteiger partial charge >= 0.3 is 0 Å². The van der Waals surface area contributed by atoms with Crippen molar-refractivity contribution in [1.82, 2.24) is 19.7 Å². The van der Waals surface area contributed by atoms with Gasteiger partial charge in [0.05, 0.1) is 17.9 Å². The lowest BCUT2D eigenvalue weighted by Gasteiger charge is -2.16. The fraction of sp³-hybridized carbons (Fsp3) is 0.222. The number of primary amides is 1. The van der Waals surface area contributed by atoms with Gasteiger partial charge < -0.3 is 15.0 Å². The van der Waals surface area contributed by atoms with E-state index in [-0.39, 0.29) is 0 Å². The van der Waals surface area contributed by atoms with E-state index in [1.165, 1.54) is 0 Å². The third-order valence-electron chi connectivity index (χ3n) is 3.98. The second kappa shape index (κ2) is 7.23. The summed E-state index contributed by atoms with van der Waals surface area (Å²) in [5.74, 6) is 0.0451. The first kappa shape index (κ1) is 16.8. The van der Waals surface area contributed by atoms with E-state index in [1.807, 2.05) is 35.8 Å². The molecular weight excluding hydrogens is 318 g/mol. The number of amides is 1. The van der Waals surface area contributed by atoms with Crippen molar-refractivity contribution in [2.45, 2.75) is 13.5 Å². The molecule has 0 aliphatic heterocycles. The van der Waals surface area contributed by atoms with Crippen LogP contribution in [0, 0.1) is 6.92 Å². The number of ether oxygens (including phenoxy) is 1. The summed E-state index contributed by atoms with van der Waals surface area (Å²) in [5.41, 5.74) is 9.20. The van der Waals surface area contributed by atoms with E-state index in [0.29, 0.717) is 30.1 Å². The number of rotatable bonds is 6. The van der Waals surface area contributed by atoms with Crippen LogP contribution < -0.4 is 5.73 Å². The molecule has 0 aliphatic carbocycles. The van der Waals surface area contributed by atoms with Crippen molar-refractivity contribution >= 4 is 5.91 Å². The van der Waals surface area contributed by atoms with Crippen LogP contribution in [0.25, 0.3) is 22.6 Å². The Morgan fingerprint density at radius 2 is 2.08 bits per heavy atom. The molecule has 3 aromatic rings. The van der Waals surface area contributed by atoms with E-state index < -0.39 is 5.91 Å². The summed E-state index contributed by atoms with van der Waals surface area (Å²) in [6, 6.07) is 9.22. The van der Waals surface area contributed by atoms with Crippen molar-refractivity contribution < 1.29 is 9.53 Å². The van der Waals surface area contributed by atoms with Crippen LogP contribution in [0.1, 0.15) is 15.9 Å². The van der Waals surface area contributed by atoms with Crippen molar-refractivity contribution in [1.29, 1.82) is 0 Å². The normalized spacial score (nSPS) is 10.8. The van der Waals surface area contributed by atoms with Gasteiger partial charge in [0, 0.05) is 31.0 Å². The van der Waals surface area contributed by atoms with Gasteiger partial charge in [-0.15, -0.1) is 10.2 Å². The van der Waals surface area contributed by atoms with Crippen LogP contribution in [0.4, 0.5) is 0 Å². The van der Waals surface area contributed by atoms with Gasteiger partial charge in [-0.25, -0.2) is 0 Å². The van der Waals surface area contributed by atoms with Crippen LogP contribution in [0.3, 0.4) is 0 Å². The van der Waals surface area contributed by atoms with Crippen molar-refractivity contribution in [3.05, 3.63) is 54.0 Å². The number of pyridine rings is 1. The van der Waals surface area contributed by atoms with Gasteiger partial charge in [0.2, 0.25) is 5.91 Å². The van der Waals surface area contributed by atoms with E-state index in [2.05, 4.69) is 15.2 Å². The van der Waals surface area contributed by atoms with Gasteiger partial charge in [0.1, 0.15) is 6.33 Å². The zero-order valence-corrected chi connectivity index (χ0v) is 14.1. The van der Waals surface area contributed by atoms with Crippen molar-refractivity contribution in [2.24, 2.45) is 5.73 Å². The number of hydrogen-bond donors (Lipinski definition) is 1. The topological polar surface area (TPSA) is 95.9 Å². The van der Waals surface area contributed by atoms with Gasteiger partial charge in [0.15, 0.2) is 5.82 Å². The quantitative estimate of drug-likeness (QED) is 0.743. The molecule has 2 heterocycles. The molecule has 0 fully saturated rings. The summed E-state index contributed by atoms with van der Waals surface area (Å²) in [7, 11) is 1.63. The van der Waals surface area contributed by atoms with E-state index in [0.717, 1.165) is 16.8 Å². The summed E-state index contributed by atoms with van der Waals surface area (Å²) in [5, 5.41) is 8.23. The zero-order valence-electron chi connectivity index (χ0n) is 14.1. The smallest absolute Gasteiger partial charge is 0.249 e. The minimum absolute atomic E-state index is 0.387. The molecule has 0 radical (unpaired) electrons. The molecule has 128 valence electrons. The monoisotopic (exact) mass is 337 g/mol. The highest BCUT2D eigenvalue weighted by Crippen LogP contribution is 2.35. The molecule has 0 unspecified atom stereocenters. The van der Waals surface area contributed by atoms with Crippen molar-refractivity contribution in [3.8, 4) is 22.6 Å². The van der Waals surface area contributed by atoms with Gasteiger partial charge in [-0.2, -0.15) is 0 Å². The number of methoxy groups -OCH3 is 1. The third-order valence-corrected chi connectivity index (χ3v) is 3.98. The maximum Gasteiger partial charge on any atom is 0.249 e. The largest absolute Gasteiger partial charge is 0.383 e. The predicted molar refractivity (Wildman–Crippen MR) is 93.8 cm³/mol. The van der Waals surface area contributed by atoms with Crippen LogP contribution in [-0.4, -0.2) is 39.4 Å². The second-order valence-electron chi connectivity index (χ2n) is 5.60. The SMILES string of the molecule is COCCn1cnnc1-c1c(C(N)=O)ccc(C)c1-c1ccccn1. The molecule has 0 saturated carbocycles. The number of aromatic nitrogens is 4. The number of carbonyl (C=O) groups is 1. The molecule has 1 amide bonds. The summed E-state index contributed by atoms with van der Waals surface area (Å²) < 4.78 is 6.99. The number of carbonyl (C=O) groups excluding carboxylic acids is 1. The summed E-state index contributed by atoms with van der Waals surface area (Å²) >= 11 is 0. The Labute approximate surface area is 145 Å². The molecule has 0 aliphatic rings. The van der Waals surface area contributed by atoms with Crippen LogP contribution in [0.5, 0.6) is 0 Å². The highest BCUT2D eigenvalue weighted by Gasteiger charge is 2.22. The molecule has 7 heteroatoms. The molecule has 3 rings (SSSR count). The fourth-order valence-electron chi connectivity index (χ4n) is 2.79. The Morgan fingerprint density at radius 3 is 2.76 bits per heavy atom. The van der Waals surface area contributed by atoms with Gasteiger partial charge in [0.25, 0.3) is 0 Å². The van der Waals surface area contributed by atoms with E-state index in [1.54, 1.807) is 25.7 Å². The Balaban J connectivity index is 2.29. The molecule has 0 bridgehead atoms. The predicted octanol–water partition coefficient (Wildman–Crippen LogP) is 2.06. The molecule has 1 aromatic carbocycles. The Hall–Kier alpha value is -3.06. The van der Waals surface area contributed by atoms with Gasteiger partial charge in [-0.1, -0.05) is 12.1 Å². The number of nitrogens with zero attached hydrogens (tertiary/aromatic N) is 4. The van der Waals surface area contributed by atoms with Crippen LogP contribution in [0.2, 0.25) is 0 Å². The molecule has 2 N–H and O–H groups in total. The lowest BCUT2D eigenvalue weighted by molar-refractivity contribution is 0.100. The maximum atomic E-state index is 12.1. The van der Waals surface area contributed by atoms with Gasteiger partial charge in [-0.3, -0.25) is 9.78 Å². The average Bonchev–Trinajstić information content (AvgIpc) is 3.08. The average molecular weight is 337 g/mol. The second-order valence-corrected chi connectivity index (χ2v) is 5.60. The first-order chi connectivity index (χ1) is 12.1. The first-order valence-corrected chi connectivity index (χ1v) is 7.85. The standard InChI is InChI=1S/C18H19N5O2/c1-12-6-7-13(17(19)24)16(15(12)14-5-3-4-8-20-14)18-22-21-11-23(18)9-10-25-2/h3-8,11H,9-10H2,1-2H3,(H2,19,24). The molecule has 0 saturated heterocycles. The summed E-state index contributed by atoms with van der Waals surface area (Å²) in [6.07, 6.45) is 3.33. The van der Waals surface area contributed by atoms with Crippen molar-refractivity contribution in [3.63, 3.8) is 0 Å². The molecule has 2 aromatic heterocycles. The maximum absolute atomic E-state index is 12.1. The third kappa shape index (κ3) is 3.27. The zero-order chi connectivity index (χ0) is 17.8. The summed E-state index contributed by atoms with van der Waals surface area (Å²) in [6.45, 7) is 3.03. The number of benzene rings is 1. The van der Waals surface area contributed by atoms with Crippen LogP contribution in [-0.2, 0) is 11.3 Å². The van der Waals surface area contributed by atoms with Crippen LogP contribution in [0.15, 0.2) is 42.9 Å². The molecule has 0 spiro atoms. The Kier molecular flexibility index (Phi) is 4.85. The minimum Gasteiger partial charge on any atom is -0.383 e. The van der Waals surface area contributed by atoms with Crippen molar-refractivity contribution in [2.75, 3.05) is 13.7 Å². The first-order valence-electron chi connectivity index (χ1n) is 7.85. The number of nitrogens with two attached hydrogens (primary N) is 1. The molecule has 7 nitrogen and oxygen atoms in total. The lowest BCUT2D eigenvalue weighted by atomic mass is 9.93. The minimum atomic E-state index is -0.520. The molecular formula is C18H19N5O2. The van der Waals surface area contributed by atoms with Crippen LogP contribution >= 0.6 is 0 Å². The highest BCUT2D eigenvalue weighted by molar-refractivity contribution is 6.03. The molecule has 25 heavy (non-hydrogen) atoms. The number of hydrogen-bond acceptors (Lipinski definition) is 5. The van der Waals surface area contributed by atoms with Gasteiger partial charge in [-0.05, 0) is 30.7 Å². The fourth-order valence-corrected chi connectivity index (χ4v) is 2.79. The molecule has 0 atom stereocenters. The number of aryl methyl sites for hydroxylation is 1. The highest BCUT2D eigenvalue weighted by atomic mass is 16.5.